The SMILES string of the molecule is COc1ccccc1-c1nnc(S[C@H](C(=O)NC2CC2)c2ccccc2)n1C. The Balaban J connectivity index is 1.64. The zero-order valence-electron chi connectivity index (χ0n) is 15.8. The molecule has 1 heterocycles. The fraction of sp³-hybridized carbons (Fsp3) is 0.286. The van der Waals surface area contributed by atoms with Gasteiger partial charge in [0.25, 0.3) is 0 Å². The van der Waals surface area contributed by atoms with E-state index in [1.165, 1.54) is 11.8 Å². The van der Waals surface area contributed by atoms with Crippen molar-refractivity contribution in [2.24, 2.45) is 7.05 Å². The van der Waals surface area contributed by atoms with Crippen LogP contribution in [0.2, 0.25) is 0 Å². The highest BCUT2D eigenvalue weighted by Crippen LogP contribution is 2.37. The van der Waals surface area contributed by atoms with E-state index in [0.717, 1.165) is 29.7 Å². The first-order valence-electron chi connectivity index (χ1n) is 9.22. The van der Waals surface area contributed by atoms with Crippen LogP contribution in [0.1, 0.15) is 23.7 Å². The van der Waals surface area contributed by atoms with Gasteiger partial charge >= 0.3 is 0 Å². The second-order valence-corrected chi connectivity index (χ2v) is 7.83. The molecule has 0 bridgehead atoms. The van der Waals surface area contributed by atoms with Crippen molar-refractivity contribution in [2.45, 2.75) is 29.3 Å². The molecule has 144 valence electrons. The number of benzene rings is 2. The summed E-state index contributed by atoms with van der Waals surface area (Å²) < 4.78 is 7.36. The average Bonchev–Trinajstić information content (AvgIpc) is 3.47. The molecular weight excluding hydrogens is 372 g/mol. The van der Waals surface area contributed by atoms with Gasteiger partial charge in [-0.05, 0) is 30.5 Å². The summed E-state index contributed by atoms with van der Waals surface area (Å²) in [6.45, 7) is 0. The van der Waals surface area contributed by atoms with Crippen molar-refractivity contribution >= 4 is 17.7 Å². The highest BCUT2D eigenvalue weighted by atomic mass is 32.2. The molecule has 2 aromatic carbocycles. The van der Waals surface area contributed by atoms with Crippen LogP contribution in [0.4, 0.5) is 0 Å². The van der Waals surface area contributed by atoms with Crippen LogP contribution >= 0.6 is 11.8 Å². The number of rotatable bonds is 7. The maximum absolute atomic E-state index is 12.9. The Morgan fingerprint density at radius 3 is 2.57 bits per heavy atom. The van der Waals surface area contributed by atoms with Gasteiger partial charge in [0, 0.05) is 13.1 Å². The molecular formula is C21H22N4O2S. The number of carbonyl (C=O) groups is 1. The molecule has 4 rings (SSSR count). The van der Waals surface area contributed by atoms with Crippen molar-refractivity contribution in [3.8, 4) is 17.1 Å². The molecule has 0 aliphatic heterocycles. The molecule has 1 fully saturated rings. The molecule has 28 heavy (non-hydrogen) atoms. The molecule has 1 aliphatic carbocycles. The van der Waals surface area contributed by atoms with Crippen LogP contribution in [0.25, 0.3) is 11.4 Å². The van der Waals surface area contributed by atoms with Gasteiger partial charge in [-0.3, -0.25) is 4.79 Å². The standard InChI is InChI=1S/C21H22N4O2S/c1-25-19(16-10-6-7-11-17(16)27-2)23-24-21(25)28-18(14-8-4-3-5-9-14)20(26)22-15-12-13-15/h3-11,15,18H,12-13H2,1-2H3,(H,22,26)/t18-/m0/s1. The van der Waals surface area contributed by atoms with Gasteiger partial charge < -0.3 is 14.6 Å². The Morgan fingerprint density at radius 1 is 1.14 bits per heavy atom. The van der Waals surface area contributed by atoms with E-state index in [1.54, 1.807) is 7.11 Å². The summed E-state index contributed by atoms with van der Waals surface area (Å²) in [5.41, 5.74) is 1.82. The summed E-state index contributed by atoms with van der Waals surface area (Å²) in [7, 11) is 3.55. The molecule has 0 radical (unpaired) electrons. The van der Waals surface area contributed by atoms with Gasteiger partial charge in [-0.1, -0.05) is 54.2 Å². The Hall–Kier alpha value is -2.80. The molecule has 0 spiro atoms. The number of ether oxygens (including phenoxy) is 1. The lowest BCUT2D eigenvalue weighted by Gasteiger charge is -2.16. The highest BCUT2D eigenvalue weighted by molar-refractivity contribution is 8.00. The number of aromatic nitrogens is 3. The van der Waals surface area contributed by atoms with E-state index < -0.39 is 0 Å². The molecule has 1 N–H and O–H groups in total. The third kappa shape index (κ3) is 3.89. The minimum Gasteiger partial charge on any atom is -0.496 e. The lowest BCUT2D eigenvalue weighted by molar-refractivity contribution is -0.120. The maximum atomic E-state index is 12.9. The molecule has 1 saturated carbocycles. The van der Waals surface area contributed by atoms with Crippen molar-refractivity contribution in [3.63, 3.8) is 0 Å². The zero-order chi connectivity index (χ0) is 19.5. The summed E-state index contributed by atoms with van der Waals surface area (Å²) in [5.74, 6) is 1.45. The van der Waals surface area contributed by atoms with E-state index in [0.29, 0.717) is 17.0 Å². The molecule has 1 amide bonds. The first kappa shape index (κ1) is 18.6. The molecule has 1 atom stereocenters. The van der Waals surface area contributed by atoms with Gasteiger partial charge in [-0.25, -0.2) is 0 Å². The fourth-order valence-corrected chi connectivity index (χ4v) is 4.00. The molecule has 7 heteroatoms. The summed E-state index contributed by atoms with van der Waals surface area (Å²) in [6, 6.07) is 17.8. The van der Waals surface area contributed by atoms with Gasteiger partial charge in [-0.2, -0.15) is 0 Å². The van der Waals surface area contributed by atoms with Gasteiger partial charge in [-0.15, -0.1) is 10.2 Å². The van der Waals surface area contributed by atoms with Crippen molar-refractivity contribution in [2.75, 3.05) is 7.11 Å². The monoisotopic (exact) mass is 394 g/mol. The molecule has 3 aromatic rings. The minimum atomic E-state index is -0.379. The average molecular weight is 395 g/mol. The summed E-state index contributed by atoms with van der Waals surface area (Å²) in [5, 5.41) is 12.1. The second kappa shape index (κ2) is 8.06. The molecule has 6 nitrogen and oxygen atoms in total. The van der Waals surface area contributed by atoms with Crippen molar-refractivity contribution in [3.05, 3.63) is 60.2 Å². The topological polar surface area (TPSA) is 69.0 Å². The maximum Gasteiger partial charge on any atom is 0.238 e. The summed E-state index contributed by atoms with van der Waals surface area (Å²) >= 11 is 1.41. The lowest BCUT2D eigenvalue weighted by Crippen LogP contribution is -2.29. The van der Waals surface area contributed by atoms with Crippen molar-refractivity contribution in [1.82, 2.24) is 20.1 Å². The fourth-order valence-electron chi connectivity index (χ4n) is 2.99. The van der Waals surface area contributed by atoms with Crippen LogP contribution in [-0.4, -0.2) is 33.8 Å². The van der Waals surface area contributed by atoms with Crippen molar-refractivity contribution < 1.29 is 9.53 Å². The number of nitrogens with one attached hydrogen (secondary N) is 1. The number of carbonyl (C=O) groups excluding carboxylic acids is 1. The van der Waals surface area contributed by atoms with Crippen LogP contribution in [0.15, 0.2) is 59.8 Å². The van der Waals surface area contributed by atoms with E-state index in [9.17, 15) is 4.79 Å². The number of para-hydroxylation sites is 1. The number of methoxy groups -OCH3 is 1. The van der Waals surface area contributed by atoms with E-state index >= 15 is 0 Å². The van der Waals surface area contributed by atoms with Gasteiger partial charge in [0.05, 0.1) is 12.7 Å². The molecule has 1 aliphatic rings. The highest BCUT2D eigenvalue weighted by Gasteiger charge is 2.30. The Morgan fingerprint density at radius 2 is 1.86 bits per heavy atom. The van der Waals surface area contributed by atoms with E-state index in [-0.39, 0.29) is 11.2 Å². The Kier molecular flexibility index (Phi) is 5.34. The predicted molar refractivity (Wildman–Crippen MR) is 109 cm³/mol. The number of hydrogen-bond donors (Lipinski definition) is 1. The van der Waals surface area contributed by atoms with Gasteiger partial charge in [0.1, 0.15) is 11.0 Å². The third-order valence-electron chi connectivity index (χ3n) is 4.67. The molecule has 1 aromatic heterocycles. The van der Waals surface area contributed by atoms with Crippen LogP contribution in [-0.2, 0) is 11.8 Å². The van der Waals surface area contributed by atoms with Crippen LogP contribution in [0, 0.1) is 0 Å². The zero-order valence-corrected chi connectivity index (χ0v) is 16.6. The number of nitrogens with zero attached hydrogens (tertiary/aromatic N) is 3. The van der Waals surface area contributed by atoms with E-state index in [4.69, 9.17) is 4.74 Å². The smallest absolute Gasteiger partial charge is 0.238 e. The minimum absolute atomic E-state index is 0.0144. The quantitative estimate of drug-likeness (QED) is 0.620. The Bertz CT molecular complexity index is 970. The number of amides is 1. The molecule has 0 saturated heterocycles. The normalized spacial score (nSPS) is 14.5. The second-order valence-electron chi connectivity index (χ2n) is 6.76. The summed E-state index contributed by atoms with van der Waals surface area (Å²) in [4.78, 5) is 12.9. The first-order chi connectivity index (χ1) is 13.7. The predicted octanol–water partition coefficient (Wildman–Crippen LogP) is 3.60. The number of thioether (sulfide) groups is 1. The Labute approximate surface area is 168 Å². The van der Waals surface area contributed by atoms with Gasteiger partial charge in [0.15, 0.2) is 11.0 Å². The lowest BCUT2D eigenvalue weighted by atomic mass is 10.1. The van der Waals surface area contributed by atoms with Crippen LogP contribution in [0.5, 0.6) is 5.75 Å². The van der Waals surface area contributed by atoms with Crippen LogP contribution < -0.4 is 10.1 Å². The molecule has 0 unspecified atom stereocenters. The first-order valence-corrected chi connectivity index (χ1v) is 10.1. The van der Waals surface area contributed by atoms with E-state index in [1.807, 2.05) is 66.2 Å². The van der Waals surface area contributed by atoms with Crippen molar-refractivity contribution in [1.29, 1.82) is 0 Å². The van der Waals surface area contributed by atoms with E-state index in [2.05, 4.69) is 15.5 Å². The largest absolute Gasteiger partial charge is 0.496 e. The van der Waals surface area contributed by atoms with Gasteiger partial charge in [0.2, 0.25) is 5.91 Å². The third-order valence-corrected chi connectivity index (χ3v) is 5.96. The van der Waals surface area contributed by atoms with Crippen LogP contribution in [0.3, 0.4) is 0 Å². The number of hydrogen-bond acceptors (Lipinski definition) is 5. The summed E-state index contributed by atoms with van der Waals surface area (Å²) in [6.07, 6.45) is 2.11.